The van der Waals surface area contributed by atoms with E-state index < -0.39 is 0 Å². The van der Waals surface area contributed by atoms with E-state index in [4.69, 9.17) is 4.74 Å². The van der Waals surface area contributed by atoms with Gasteiger partial charge in [-0.1, -0.05) is 44.2 Å². The normalized spacial score (nSPS) is 10.5. The molecule has 0 aliphatic carbocycles. The Kier molecular flexibility index (Phi) is 6.01. The Morgan fingerprint density at radius 3 is 2.36 bits per heavy atom. The molecule has 0 atom stereocenters. The van der Waals surface area contributed by atoms with Crippen molar-refractivity contribution in [2.45, 2.75) is 33.3 Å². The standard InChI is InChI=1S/C19H23NO2/c1-15(2)8-13-19(21)20-17-9-11-18(12-10-17)22-14-16-6-4-3-5-7-16/h3-7,9-12,15H,8,13-14H2,1-2H3,(H,20,21). The zero-order chi connectivity index (χ0) is 15.8. The van der Waals surface area contributed by atoms with Gasteiger partial charge in [-0.25, -0.2) is 0 Å². The molecule has 1 amide bonds. The summed E-state index contributed by atoms with van der Waals surface area (Å²) in [6.07, 6.45) is 1.47. The smallest absolute Gasteiger partial charge is 0.224 e. The zero-order valence-electron chi connectivity index (χ0n) is 13.2. The minimum absolute atomic E-state index is 0.0617. The highest BCUT2D eigenvalue weighted by molar-refractivity contribution is 5.90. The number of hydrogen-bond acceptors (Lipinski definition) is 2. The third-order valence-corrected chi connectivity index (χ3v) is 3.34. The lowest BCUT2D eigenvalue weighted by Crippen LogP contribution is -2.12. The number of carbonyl (C=O) groups is 1. The summed E-state index contributed by atoms with van der Waals surface area (Å²) in [4.78, 5) is 11.8. The van der Waals surface area contributed by atoms with Crippen LogP contribution in [0.25, 0.3) is 0 Å². The Labute approximate surface area is 132 Å². The van der Waals surface area contributed by atoms with E-state index in [-0.39, 0.29) is 5.91 Å². The fraction of sp³-hybridized carbons (Fsp3) is 0.316. The zero-order valence-corrected chi connectivity index (χ0v) is 13.2. The van der Waals surface area contributed by atoms with Gasteiger partial charge in [0, 0.05) is 12.1 Å². The van der Waals surface area contributed by atoms with Crippen molar-refractivity contribution in [2.75, 3.05) is 5.32 Å². The van der Waals surface area contributed by atoms with Crippen LogP contribution in [0.4, 0.5) is 5.69 Å². The van der Waals surface area contributed by atoms with Crippen LogP contribution in [0.1, 0.15) is 32.3 Å². The van der Waals surface area contributed by atoms with Crippen molar-refractivity contribution < 1.29 is 9.53 Å². The Hall–Kier alpha value is -2.29. The van der Waals surface area contributed by atoms with E-state index in [1.165, 1.54) is 0 Å². The van der Waals surface area contributed by atoms with E-state index in [9.17, 15) is 4.79 Å². The largest absolute Gasteiger partial charge is 0.489 e. The fourth-order valence-electron chi connectivity index (χ4n) is 2.02. The Bertz CT molecular complexity index is 576. The predicted octanol–water partition coefficient (Wildman–Crippen LogP) is 4.64. The average Bonchev–Trinajstić information content (AvgIpc) is 2.53. The van der Waals surface area contributed by atoms with E-state index in [0.29, 0.717) is 18.9 Å². The lowest BCUT2D eigenvalue weighted by molar-refractivity contribution is -0.116. The molecule has 0 spiro atoms. The average molecular weight is 297 g/mol. The van der Waals surface area contributed by atoms with Crippen LogP contribution >= 0.6 is 0 Å². The van der Waals surface area contributed by atoms with E-state index in [2.05, 4.69) is 19.2 Å². The van der Waals surface area contributed by atoms with E-state index in [1.54, 1.807) is 0 Å². The van der Waals surface area contributed by atoms with Crippen LogP contribution in [0.5, 0.6) is 5.75 Å². The van der Waals surface area contributed by atoms with Crippen molar-refractivity contribution in [2.24, 2.45) is 5.92 Å². The number of ether oxygens (including phenoxy) is 1. The second-order valence-corrected chi connectivity index (χ2v) is 5.78. The van der Waals surface area contributed by atoms with Gasteiger partial charge in [-0.05, 0) is 42.2 Å². The molecule has 116 valence electrons. The maximum absolute atomic E-state index is 11.8. The summed E-state index contributed by atoms with van der Waals surface area (Å²) >= 11 is 0. The van der Waals surface area contributed by atoms with Gasteiger partial charge in [0.15, 0.2) is 0 Å². The number of nitrogens with one attached hydrogen (secondary N) is 1. The monoisotopic (exact) mass is 297 g/mol. The molecule has 0 fully saturated rings. The van der Waals surface area contributed by atoms with Crippen molar-refractivity contribution in [1.82, 2.24) is 0 Å². The maximum Gasteiger partial charge on any atom is 0.224 e. The minimum atomic E-state index is 0.0617. The molecule has 3 nitrogen and oxygen atoms in total. The SMILES string of the molecule is CC(C)CCC(=O)Nc1ccc(OCc2ccccc2)cc1. The molecule has 0 aliphatic heterocycles. The minimum Gasteiger partial charge on any atom is -0.489 e. The second-order valence-electron chi connectivity index (χ2n) is 5.78. The summed E-state index contributed by atoms with van der Waals surface area (Å²) in [6.45, 7) is 4.78. The highest BCUT2D eigenvalue weighted by Gasteiger charge is 2.04. The molecule has 0 unspecified atom stereocenters. The van der Waals surface area contributed by atoms with Crippen LogP contribution in [-0.4, -0.2) is 5.91 Å². The number of rotatable bonds is 7. The molecule has 3 heteroatoms. The summed E-state index contributed by atoms with van der Waals surface area (Å²) in [7, 11) is 0. The second kappa shape index (κ2) is 8.23. The summed E-state index contributed by atoms with van der Waals surface area (Å²) < 4.78 is 5.72. The van der Waals surface area contributed by atoms with Crippen LogP contribution < -0.4 is 10.1 Å². The van der Waals surface area contributed by atoms with Crippen LogP contribution in [-0.2, 0) is 11.4 Å². The van der Waals surface area contributed by atoms with Gasteiger partial charge in [0.2, 0.25) is 5.91 Å². The van der Waals surface area contributed by atoms with Crippen LogP contribution in [0.15, 0.2) is 54.6 Å². The summed E-state index contributed by atoms with van der Waals surface area (Å²) in [6, 6.07) is 17.5. The molecule has 0 bridgehead atoms. The molecule has 22 heavy (non-hydrogen) atoms. The number of amides is 1. The van der Waals surface area contributed by atoms with Crippen LogP contribution in [0.3, 0.4) is 0 Å². The lowest BCUT2D eigenvalue weighted by Gasteiger charge is -2.09. The molecule has 0 saturated heterocycles. The quantitative estimate of drug-likeness (QED) is 0.808. The molecule has 0 radical (unpaired) electrons. The molecule has 2 rings (SSSR count). The van der Waals surface area contributed by atoms with Gasteiger partial charge in [0.05, 0.1) is 0 Å². The molecule has 0 heterocycles. The van der Waals surface area contributed by atoms with Gasteiger partial charge in [0.25, 0.3) is 0 Å². The van der Waals surface area contributed by atoms with Gasteiger partial charge in [-0.15, -0.1) is 0 Å². The summed E-state index contributed by atoms with van der Waals surface area (Å²) in [5, 5.41) is 2.90. The number of carbonyl (C=O) groups excluding carboxylic acids is 1. The van der Waals surface area contributed by atoms with E-state index in [1.807, 2.05) is 54.6 Å². The fourth-order valence-corrected chi connectivity index (χ4v) is 2.02. The first-order valence-electron chi connectivity index (χ1n) is 7.70. The first-order chi connectivity index (χ1) is 10.6. The highest BCUT2D eigenvalue weighted by atomic mass is 16.5. The lowest BCUT2D eigenvalue weighted by atomic mass is 10.1. The van der Waals surface area contributed by atoms with Gasteiger partial charge >= 0.3 is 0 Å². The van der Waals surface area contributed by atoms with Crippen LogP contribution in [0.2, 0.25) is 0 Å². The molecule has 1 N–H and O–H groups in total. The van der Waals surface area contributed by atoms with Gasteiger partial charge < -0.3 is 10.1 Å². The molecule has 0 saturated carbocycles. The van der Waals surface area contributed by atoms with Gasteiger partial charge in [0.1, 0.15) is 12.4 Å². The van der Waals surface area contributed by atoms with Crippen LogP contribution in [0, 0.1) is 5.92 Å². The number of anilines is 1. The first-order valence-corrected chi connectivity index (χ1v) is 7.70. The molecular formula is C19H23NO2. The third-order valence-electron chi connectivity index (χ3n) is 3.34. The number of benzene rings is 2. The van der Waals surface area contributed by atoms with Crippen molar-refractivity contribution in [3.63, 3.8) is 0 Å². The number of hydrogen-bond donors (Lipinski definition) is 1. The predicted molar refractivity (Wildman–Crippen MR) is 89.9 cm³/mol. The Morgan fingerprint density at radius 1 is 1.05 bits per heavy atom. The maximum atomic E-state index is 11.8. The molecule has 2 aromatic rings. The van der Waals surface area contributed by atoms with E-state index >= 15 is 0 Å². The topological polar surface area (TPSA) is 38.3 Å². The van der Waals surface area contributed by atoms with E-state index in [0.717, 1.165) is 23.4 Å². The Morgan fingerprint density at radius 2 is 1.73 bits per heavy atom. The summed E-state index contributed by atoms with van der Waals surface area (Å²) in [5.74, 6) is 1.40. The Balaban J connectivity index is 1.81. The molecule has 2 aromatic carbocycles. The molecular weight excluding hydrogens is 274 g/mol. The van der Waals surface area contributed by atoms with Crippen molar-refractivity contribution in [3.8, 4) is 5.75 Å². The molecule has 0 aliphatic rings. The first kappa shape index (κ1) is 16.1. The van der Waals surface area contributed by atoms with Crippen molar-refractivity contribution in [1.29, 1.82) is 0 Å². The van der Waals surface area contributed by atoms with Gasteiger partial charge in [-0.2, -0.15) is 0 Å². The van der Waals surface area contributed by atoms with Crippen molar-refractivity contribution in [3.05, 3.63) is 60.2 Å². The highest BCUT2D eigenvalue weighted by Crippen LogP contribution is 2.17. The van der Waals surface area contributed by atoms with Crippen molar-refractivity contribution >= 4 is 11.6 Å². The molecule has 0 aromatic heterocycles. The third kappa shape index (κ3) is 5.60. The summed E-state index contributed by atoms with van der Waals surface area (Å²) in [5.41, 5.74) is 1.94. The van der Waals surface area contributed by atoms with Gasteiger partial charge in [-0.3, -0.25) is 4.79 Å².